The predicted molar refractivity (Wildman–Crippen MR) is 228 cm³/mol. The van der Waals surface area contributed by atoms with E-state index in [4.69, 9.17) is 10.2 Å². The standard InChI is InChI=1S/C21H27FO6.C13H21NO3.C12H20N2O3/c1-18-6-5-12(24)7-11(18)3-4-13-14-8-15(25)21(28,17(27)10-23)19(14,2)9-16(26)20(13,18)22;1-13(2,3)14-7-12(17)9-4-5-11(16)10(6-9)8-15;1-12(2,3)13-6-11(17)8-4-5-10(16)9(7-15)14-8/h5-7,13-16,23,25-26,28H,3-4,8-10H2,1-2H3;4-6,12,14-17H,7-8H2,1-3H3;4-5,11,13,15-17H,6-7H2,1-3H3/t13-,14-,15+,16-,18-,19-,20-,21-;;/m0../s1. The molecule has 0 spiro atoms. The number of rotatable bonds is 10. The molecule has 0 bridgehead atoms. The lowest BCUT2D eigenvalue weighted by atomic mass is 9.44. The Hall–Kier alpha value is -3.68. The first-order chi connectivity index (χ1) is 28.6. The lowest BCUT2D eigenvalue weighted by Crippen LogP contribution is -2.69. The maximum atomic E-state index is 16.8. The molecule has 0 amide bonds. The van der Waals surface area contributed by atoms with Gasteiger partial charge < -0.3 is 61.7 Å². The first kappa shape index (κ1) is 51.0. The molecular formula is C46H68FN3O12. The van der Waals surface area contributed by atoms with Crippen molar-refractivity contribution in [2.75, 3.05) is 19.7 Å². The molecule has 2 unspecified atom stereocenters. The number of fused-ring (bicyclic) bond motifs is 5. The van der Waals surface area contributed by atoms with E-state index in [1.807, 2.05) is 41.5 Å². The van der Waals surface area contributed by atoms with E-state index in [9.17, 15) is 50.4 Å². The number of halogens is 1. The number of aliphatic hydroxyl groups is 8. The molecular weight excluding hydrogens is 806 g/mol. The van der Waals surface area contributed by atoms with Gasteiger partial charge in [0, 0.05) is 46.5 Å². The number of ketones is 2. The van der Waals surface area contributed by atoms with Crippen LogP contribution in [0.1, 0.15) is 116 Å². The van der Waals surface area contributed by atoms with Crippen LogP contribution in [0.25, 0.3) is 0 Å². The minimum atomic E-state index is -2.23. The Balaban J connectivity index is 0.000000217. The molecule has 0 saturated heterocycles. The SMILES string of the molecule is CC(C)(C)NCC(O)c1ccc(O)c(CO)c1.CC(C)(C)NCC(O)c1ccc(O)c(CO)n1.C[C@]12C=CC(=O)C=C1CC[C@H]1[C@@H]3C[C@@H](O)[C@](O)(C(=O)CO)[C@@]3(C)C[C@H](O)[C@@]12F. The zero-order chi connectivity index (χ0) is 46.8. The highest BCUT2D eigenvalue weighted by Gasteiger charge is 2.76. The van der Waals surface area contributed by atoms with Crippen molar-refractivity contribution in [1.29, 1.82) is 0 Å². The van der Waals surface area contributed by atoms with Crippen molar-refractivity contribution < 1.29 is 65.0 Å². The Labute approximate surface area is 363 Å². The average molecular weight is 874 g/mol. The molecule has 6 rings (SSSR count). The first-order valence-corrected chi connectivity index (χ1v) is 21.1. The van der Waals surface area contributed by atoms with Crippen molar-refractivity contribution in [1.82, 2.24) is 15.6 Å². The van der Waals surface area contributed by atoms with Gasteiger partial charge in [0.25, 0.3) is 0 Å². The summed E-state index contributed by atoms with van der Waals surface area (Å²) in [7, 11) is 0. The lowest BCUT2D eigenvalue weighted by molar-refractivity contribution is -0.222. The third kappa shape index (κ3) is 10.1. The lowest BCUT2D eigenvalue weighted by Gasteiger charge is -2.62. The third-order valence-corrected chi connectivity index (χ3v) is 13.2. The minimum absolute atomic E-state index is 0.0135. The van der Waals surface area contributed by atoms with Crippen molar-refractivity contribution in [3.05, 3.63) is 76.6 Å². The van der Waals surface area contributed by atoms with Crippen LogP contribution in [0.5, 0.6) is 11.5 Å². The van der Waals surface area contributed by atoms with Crippen LogP contribution < -0.4 is 10.6 Å². The monoisotopic (exact) mass is 873 g/mol. The molecule has 10 atom stereocenters. The first-order valence-electron chi connectivity index (χ1n) is 21.1. The molecule has 62 heavy (non-hydrogen) atoms. The van der Waals surface area contributed by atoms with Gasteiger partial charge in [-0.2, -0.15) is 0 Å². The molecule has 3 fully saturated rings. The summed E-state index contributed by atoms with van der Waals surface area (Å²) < 4.78 is 16.8. The van der Waals surface area contributed by atoms with E-state index in [1.54, 1.807) is 32.0 Å². The quantitative estimate of drug-likeness (QED) is 0.164. The van der Waals surface area contributed by atoms with Crippen molar-refractivity contribution in [3.8, 4) is 11.5 Å². The Morgan fingerprint density at radius 1 is 0.887 bits per heavy atom. The predicted octanol–water partition coefficient (Wildman–Crippen LogP) is 2.63. The van der Waals surface area contributed by atoms with Crippen molar-refractivity contribution in [3.63, 3.8) is 0 Å². The molecule has 1 aromatic heterocycles. The summed E-state index contributed by atoms with van der Waals surface area (Å²) >= 11 is 0. The Bertz CT molecular complexity index is 1910. The van der Waals surface area contributed by atoms with Crippen LogP contribution in [0.4, 0.5) is 4.39 Å². The van der Waals surface area contributed by atoms with Gasteiger partial charge in [-0.1, -0.05) is 24.6 Å². The number of hydrogen-bond acceptors (Lipinski definition) is 15. The second-order valence-corrected chi connectivity index (χ2v) is 19.6. The van der Waals surface area contributed by atoms with Gasteiger partial charge in [0.2, 0.25) is 0 Å². The number of alkyl halides is 1. The number of allylic oxidation sites excluding steroid dienone is 4. The summed E-state index contributed by atoms with van der Waals surface area (Å²) in [5.74, 6) is -2.39. The minimum Gasteiger partial charge on any atom is -0.508 e. The van der Waals surface area contributed by atoms with E-state index in [2.05, 4.69) is 15.6 Å². The number of β-amino-alcohol motifs (C(OH)–C–C–N with tert-alkyl or cyclic N) is 2. The number of pyridine rings is 1. The van der Waals surface area contributed by atoms with Crippen LogP contribution in [0, 0.1) is 22.7 Å². The summed E-state index contributed by atoms with van der Waals surface area (Å²) in [6, 6.07) is 7.73. The number of phenols is 1. The molecule has 4 aliphatic carbocycles. The highest BCUT2D eigenvalue weighted by Crippen LogP contribution is 2.69. The highest BCUT2D eigenvalue weighted by molar-refractivity contribution is 6.01. The van der Waals surface area contributed by atoms with Crippen LogP contribution in [0.15, 0.2) is 54.1 Å². The zero-order valence-electron chi connectivity index (χ0n) is 37.1. The molecule has 16 heteroatoms. The number of carbonyl (C=O) groups excluding carboxylic acids is 2. The number of aromatic nitrogens is 1. The summed E-state index contributed by atoms with van der Waals surface area (Å²) in [4.78, 5) is 28.2. The molecule has 1 aromatic carbocycles. The normalized spacial score (nSPS) is 31.2. The van der Waals surface area contributed by atoms with Gasteiger partial charge in [0.15, 0.2) is 22.8 Å². The Kier molecular flexibility index (Phi) is 15.8. The van der Waals surface area contributed by atoms with E-state index < -0.39 is 70.7 Å². The number of aliphatic hydroxyl groups excluding tert-OH is 7. The van der Waals surface area contributed by atoms with Crippen LogP contribution in [0.3, 0.4) is 0 Å². The second kappa shape index (κ2) is 19.2. The maximum Gasteiger partial charge on any atom is 0.192 e. The smallest absolute Gasteiger partial charge is 0.192 e. The molecule has 2 aromatic rings. The van der Waals surface area contributed by atoms with Gasteiger partial charge in [-0.3, -0.25) is 9.59 Å². The number of hydrogen-bond donors (Lipinski definition) is 12. The van der Waals surface area contributed by atoms with Crippen molar-refractivity contribution >= 4 is 11.6 Å². The summed E-state index contributed by atoms with van der Waals surface area (Å²) in [5, 5.41) is 105. The van der Waals surface area contributed by atoms with Crippen LogP contribution >= 0.6 is 0 Å². The van der Waals surface area contributed by atoms with Crippen LogP contribution in [0.2, 0.25) is 0 Å². The van der Waals surface area contributed by atoms with E-state index >= 15 is 4.39 Å². The number of aromatic hydroxyl groups is 2. The van der Waals surface area contributed by atoms with E-state index in [1.165, 1.54) is 30.4 Å². The van der Waals surface area contributed by atoms with E-state index in [0.717, 1.165) is 0 Å². The molecule has 0 radical (unpaired) electrons. The molecule has 3 saturated carbocycles. The number of Topliss-reactive ketones (excluding diaryl/α,β-unsaturated/α-hetero) is 1. The van der Waals surface area contributed by atoms with Gasteiger partial charge >= 0.3 is 0 Å². The second-order valence-electron chi connectivity index (χ2n) is 19.6. The van der Waals surface area contributed by atoms with Crippen LogP contribution in [-0.2, 0) is 22.8 Å². The molecule has 4 aliphatic rings. The van der Waals surface area contributed by atoms with Crippen LogP contribution in [-0.4, -0.2) is 122 Å². The number of carbonyl (C=O) groups is 2. The van der Waals surface area contributed by atoms with Gasteiger partial charge in [-0.05, 0) is 122 Å². The maximum absolute atomic E-state index is 16.8. The summed E-state index contributed by atoms with van der Waals surface area (Å²) in [5.41, 5.74) is -4.54. The zero-order valence-corrected chi connectivity index (χ0v) is 37.1. The van der Waals surface area contributed by atoms with Crippen molar-refractivity contribution in [2.45, 2.75) is 141 Å². The Morgan fingerprint density at radius 3 is 2.05 bits per heavy atom. The number of nitrogens with zero attached hydrogens (tertiary/aromatic N) is 1. The number of benzene rings is 1. The van der Waals surface area contributed by atoms with Crippen molar-refractivity contribution in [2.24, 2.45) is 22.7 Å². The number of nitrogens with one attached hydrogen (secondary N) is 2. The van der Waals surface area contributed by atoms with Gasteiger partial charge in [-0.25, -0.2) is 9.37 Å². The topological polar surface area (TPSA) is 273 Å². The fraction of sp³-hybridized carbons (Fsp3) is 0.630. The molecule has 1 heterocycles. The largest absolute Gasteiger partial charge is 0.508 e. The molecule has 0 aliphatic heterocycles. The van der Waals surface area contributed by atoms with E-state index in [-0.39, 0.29) is 60.1 Å². The van der Waals surface area contributed by atoms with Gasteiger partial charge in [0.1, 0.15) is 29.9 Å². The fourth-order valence-corrected chi connectivity index (χ4v) is 9.63. The van der Waals surface area contributed by atoms with Gasteiger partial charge in [-0.15, -0.1) is 0 Å². The molecule has 346 valence electrons. The highest BCUT2D eigenvalue weighted by atomic mass is 19.1. The van der Waals surface area contributed by atoms with E-state index in [0.29, 0.717) is 48.3 Å². The Morgan fingerprint density at radius 2 is 1.48 bits per heavy atom. The summed E-state index contributed by atoms with van der Waals surface area (Å²) in [6.07, 6.45) is 0.513. The third-order valence-electron chi connectivity index (χ3n) is 13.2. The fourth-order valence-electron chi connectivity index (χ4n) is 9.63. The average Bonchev–Trinajstić information content (AvgIpc) is 3.40. The molecule has 15 nitrogen and oxygen atoms in total. The molecule has 12 N–H and O–H groups in total. The summed E-state index contributed by atoms with van der Waals surface area (Å²) in [6.45, 7) is 14.6. The van der Waals surface area contributed by atoms with Gasteiger partial charge in [0.05, 0.1) is 37.2 Å².